The average molecular weight is 335 g/mol. The summed E-state index contributed by atoms with van der Waals surface area (Å²) in [6, 6.07) is 12.9. The molecule has 0 saturated heterocycles. The van der Waals surface area contributed by atoms with E-state index in [1.54, 1.807) is 0 Å². The number of carbonyl (C=O) groups is 1. The fraction of sp³-hybridized carbons (Fsp3) is 0.375. The Morgan fingerprint density at radius 1 is 0.920 bits per heavy atom. The first-order chi connectivity index (χ1) is 11.6. The first kappa shape index (κ1) is 19.2. The lowest BCUT2D eigenvalue weighted by Crippen LogP contribution is -2.19. The molecular formula is C24H30O. The Labute approximate surface area is 152 Å². The molecule has 2 aromatic carbocycles. The molecule has 0 aliphatic heterocycles. The molecule has 0 aromatic heterocycles. The normalized spacial score (nSPS) is 12.1. The van der Waals surface area contributed by atoms with Gasteiger partial charge in [-0.25, -0.2) is 0 Å². The third-order valence-corrected chi connectivity index (χ3v) is 5.42. The highest BCUT2D eigenvalue weighted by atomic mass is 16.1. The number of allylic oxidation sites excluding steroid dienone is 1. The largest absolute Gasteiger partial charge is 0.298 e. The van der Waals surface area contributed by atoms with Crippen LogP contribution in [0.15, 0.2) is 49.1 Å². The Kier molecular flexibility index (Phi) is 5.37. The van der Waals surface area contributed by atoms with Crippen LogP contribution in [0.4, 0.5) is 0 Å². The highest BCUT2D eigenvalue weighted by Crippen LogP contribution is 2.36. The van der Waals surface area contributed by atoms with Crippen molar-refractivity contribution in [2.24, 2.45) is 0 Å². The molecule has 0 amide bonds. The van der Waals surface area contributed by atoms with E-state index in [4.69, 9.17) is 0 Å². The Morgan fingerprint density at radius 2 is 1.52 bits per heavy atom. The molecule has 0 N–H and O–H groups in total. The van der Waals surface area contributed by atoms with Crippen molar-refractivity contribution in [3.05, 3.63) is 71.3 Å². The van der Waals surface area contributed by atoms with Crippen LogP contribution in [0.3, 0.4) is 0 Å². The number of rotatable bonds is 6. The lowest BCUT2D eigenvalue weighted by atomic mass is 9.76. The molecule has 0 spiro atoms. The predicted molar refractivity (Wildman–Crippen MR) is 109 cm³/mol. The second-order valence-corrected chi connectivity index (χ2v) is 8.21. The van der Waals surface area contributed by atoms with Gasteiger partial charge in [0.1, 0.15) is 6.29 Å². The van der Waals surface area contributed by atoms with Gasteiger partial charge in [-0.15, -0.1) is 6.58 Å². The van der Waals surface area contributed by atoms with E-state index in [0.717, 1.165) is 35.0 Å². The summed E-state index contributed by atoms with van der Waals surface area (Å²) in [5.74, 6) is 0. The quantitative estimate of drug-likeness (QED) is 0.428. The van der Waals surface area contributed by atoms with Crippen LogP contribution in [0, 0.1) is 6.92 Å². The van der Waals surface area contributed by atoms with Crippen molar-refractivity contribution in [1.29, 1.82) is 0 Å². The minimum atomic E-state index is -0.105. The molecule has 132 valence electrons. The predicted octanol–water partition coefficient (Wildman–Crippen LogP) is 6.63. The summed E-state index contributed by atoms with van der Waals surface area (Å²) < 4.78 is 0. The van der Waals surface area contributed by atoms with Crippen molar-refractivity contribution in [3.63, 3.8) is 0 Å². The summed E-state index contributed by atoms with van der Waals surface area (Å²) in [4.78, 5) is 11.3. The van der Waals surface area contributed by atoms with E-state index < -0.39 is 0 Å². The molecule has 0 unspecified atom stereocenters. The monoisotopic (exact) mass is 334 g/mol. The van der Waals surface area contributed by atoms with Crippen LogP contribution in [0.25, 0.3) is 11.1 Å². The molecule has 25 heavy (non-hydrogen) atoms. The van der Waals surface area contributed by atoms with Crippen LogP contribution in [0.1, 0.15) is 68.1 Å². The molecule has 0 atom stereocenters. The summed E-state index contributed by atoms with van der Waals surface area (Å²) in [6.45, 7) is 17.2. The Bertz CT molecular complexity index is 794. The van der Waals surface area contributed by atoms with E-state index in [9.17, 15) is 4.79 Å². The van der Waals surface area contributed by atoms with Crippen LogP contribution < -0.4 is 0 Å². The molecule has 0 radical (unpaired) electrons. The van der Waals surface area contributed by atoms with Gasteiger partial charge >= 0.3 is 0 Å². The minimum absolute atomic E-state index is 0.0966. The van der Waals surface area contributed by atoms with Crippen molar-refractivity contribution in [2.75, 3.05) is 0 Å². The van der Waals surface area contributed by atoms with Gasteiger partial charge < -0.3 is 0 Å². The smallest absolute Gasteiger partial charge is 0.150 e. The van der Waals surface area contributed by atoms with Gasteiger partial charge in [0.25, 0.3) is 0 Å². The number of benzene rings is 2. The maximum atomic E-state index is 11.3. The Balaban J connectivity index is 2.75. The zero-order valence-corrected chi connectivity index (χ0v) is 16.4. The molecular weight excluding hydrogens is 304 g/mol. The third kappa shape index (κ3) is 4.10. The highest BCUT2D eigenvalue weighted by Gasteiger charge is 2.24. The van der Waals surface area contributed by atoms with Crippen molar-refractivity contribution in [2.45, 2.75) is 58.8 Å². The zero-order valence-electron chi connectivity index (χ0n) is 16.4. The molecule has 0 heterocycles. The van der Waals surface area contributed by atoms with Crippen molar-refractivity contribution in [3.8, 4) is 11.1 Å². The van der Waals surface area contributed by atoms with Gasteiger partial charge in [-0.2, -0.15) is 0 Å². The zero-order chi connectivity index (χ0) is 18.8. The maximum Gasteiger partial charge on any atom is 0.150 e. The van der Waals surface area contributed by atoms with Gasteiger partial charge in [-0.3, -0.25) is 4.79 Å². The number of aldehydes is 1. The molecule has 0 aliphatic rings. The lowest BCUT2D eigenvalue weighted by Gasteiger charge is -2.28. The molecule has 0 fully saturated rings. The van der Waals surface area contributed by atoms with E-state index in [2.05, 4.69) is 65.5 Å². The van der Waals surface area contributed by atoms with Crippen LogP contribution in [0.5, 0.6) is 0 Å². The van der Waals surface area contributed by atoms with Gasteiger partial charge in [0, 0.05) is 11.0 Å². The van der Waals surface area contributed by atoms with Gasteiger partial charge in [0.2, 0.25) is 0 Å². The molecule has 0 aliphatic carbocycles. The molecule has 2 rings (SSSR count). The topological polar surface area (TPSA) is 17.1 Å². The highest BCUT2D eigenvalue weighted by molar-refractivity contribution is 5.80. The Morgan fingerprint density at radius 3 is 2.08 bits per heavy atom. The first-order valence-corrected chi connectivity index (χ1v) is 9.00. The second-order valence-electron chi connectivity index (χ2n) is 8.21. The van der Waals surface area contributed by atoms with Crippen molar-refractivity contribution < 1.29 is 4.79 Å². The van der Waals surface area contributed by atoms with Crippen molar-refractivity contribution >= 4 is 6.29 Å². The molecule has 1 heteroatoms. The fourth-order valence-corrected chi connectivity index (χ4v) is 2.93. The van der Waals surface area contributed by atoms with Crippen LogP contribution in [-0.2, 0) is 10.8 Å². The van der Waals surface area contributed by atoms with E-state index >= 15 is 0 Å². The van der Waals surface area contributed by atoms with Crippen molar-refractivity contribution in [1.82, 2.24) is 0 Å². The summed E-state index contributed by atoms with van der Waals surface area (Å²) in [5, 5.41) is 0. The van der Waals surface area contributed by atoms with E-state index in [-0.39, 0.29) is 10.8 Å². The minimum Gasteiger partial charge on any atom is -0.298 e. The van der Waals surface area contributed by atoms with Crippen LogP contribution >= 0.6 is 0 Å². The number of hydrogen-bond acceptors (Lipinski definition) is 1. The van der Waals surface area contributed by atoms with Crippen LogP contribution in [0.2, 0.25) is 0 Å². The second kappa shape index (κ2) is 7.00. The SMILES string of the molecule is C=CC(C)(C)c1cc(-c2cc(C)cc(C=O)c2)cc(C(C)(C)CC)c1. The molecule has 1 nitrogen and oxygen atoms in total. The summed E-state index contributed by atoms with van der Waals surface area (Å²) in [6.07, 6.45) is 3.99. The standard InChI is InChI=1S/C24H30O/c1-8-23(4,5)21-13-20(14-22(15-21)24(6,7)9-2)19-11-17(3)10-18(12-19)16-25/h8,10-16H,1,9H2,2-7H3. The fourth-order valence-electron chi connectivity index (χ4n) is 2.93. The number of hydrogen-bond donors (Lipinski definition) is 0. The summed E-state index contributed by atoms with van der Waals surface area (Å²) >= 11 is 0. The first-order valence-electron chi connectivity index (χ1n) is 9.00. The van der Waals surface area contributed by atoms with E-state index in [0.29, 0.717) is 0 Å². The molecule has 0 saturated carbocycles. The Hall–Kier alpha value is -2.15. The van der Waals surface area contributed by atoms with Gasteiger partial charge in [-0.05, 0) is 58.7 Å². The van der Waals surface area contributed by atoms with Gasteiger partial charge in [-0.1, -0.05) is 65.0 Å². The lowest BCUT2D eigenvalue weighted by molar-refractivity contribution is 0.112. The molecule has 0 bridgehead atoms. The average Bonchev–Trinajstić information content (AvgIpc) is 2.60. The number of aryl methyl sites for hydroxylation is 1. The van der Waals surface area contributed by atoms with Crippen LogP contribution in [-0.4, -0.2) is 6.29 Å². The van der Waals surface area contributed by atoms with Gasteiger partial charge in [0.05, 0.1) is 0 Å². The summed E-state index contributed by atoms with van der Waals surface area (Å²) in [5.41, 5.74) is 6.65. The molecule has 2 aromatic rings. The van der Waals surface area contributed by atoms with E-state index in [1.807, 2.05) is 25.1 Å². The maximum absolute atomic E-state index is 11.3. The van der Waals surface area contributed by atoms with E-state index in [1.165, 1.54) is 11.1 Å². The van der Waals surface area contributed by atoms with Gasteiger partial charge in [0.15, 0.2) is 0 Å². The third-order valence-electron chi connectivity index (χ3n) is 5.42. The number of carbonyl (C=O) groups excluding carboxylic acids is 1. The summed E-state index contributed by atoms with van der Waals surface area (Å²) in [7, 11) is 0.